The summed E-state index contributed by atoms with van der Waals surface area (Å²) >= 11 is 0. The molecule has 4 bridgehead atoms. The average molecular weight is 278 g/mol. The number of amides is 1. The molecule has 0 radical (unpaired) electrons. The summed E-state index contributed by atoms with van der Waals surface area (Å²) in [5.74, 6) is 2.11. The molecule has 0 spiro atoms. The molecule has 0 aliphatic heterocycles. The molecule has 114 valence electrons. The lowest BCUT2D eigenvalue weighted by molar-refractivity contribution is -0.164. The first-order valence-corrected chi connectivity index (χ1v) is 8.37. The highest BCUT2D eigenvalue weighted by atomic mass is 16.2. The van der Waals surface area contributed by atoms with Crippen molar-refractivity contribution in [3.8, 4) is 0 Å². The highest BCUT2D eigenvalue weighted by Crippen LogP contribution is 2.65. The maximum atomic E-state index is 13.0. The maximum absolute atomic E-state index is 13.0. The second-order valence-corrected chi connectivity index (χ2v) is 8.24. The molecule has 1 N–H and O–H groups in total. The molecule has 0 heterocycles. The van der Waals surface area contributed by atoms with Crippen molar-refractivity contribution in [3.05, 3.63) is 0 Å². The summed E-state index contributed by atoms with van der Waals surface area (Å²) in [5.41, 5.74) is 0.471. The number of hydrogen-bond donors (Lipinski definition) is 1. The Morgan fingerprint density at radius 1 is 1.25 bits per heavy atom. The lowest BCUT2D eigenvalue weighted by Gasteiger charge is -2.61. The quantitative estimate of drug-likeness (QED) is 0.784. The van der Waals surface area contributed by atoms with Gasteiger partial charge in [-0.2, -0.15) is 0 Å². The second kappa shape index (κ2) is 5.01. The van der Waals surface area contributed by atoms with Crippen LogP contribution in [-0.4, -0.2) is 38.0 Å². The van der Waals surface area contributed by atoms with Crippen molar-refractivity contribution in [1.29, 1.82) is 0 Å². The fraction of sp³-hybridized carbons (Fsp3) is 0.941. The first kappa shape index (κ1) is 14.4. The van der Waals surface area contributed by atoms with Gasteiger partial charge in [0.2, 0.25) is 5.91 Å². The molecule has 4 aliphatic carbocycles. The van der Waals surface area contributed by atoms with Gasteiger partial charge in [0.05, 0.1) is 5.41 Å². The van der Waals surface area contributed by atoms with Crippen LogP contribution < -0.4 is 5.32 Å². The number of nitrogens with one attached hydrogen (secondary N) is 1. The molecule has 0 aromatic carbocycles. The van der Waals surface area contributed by atoms with Gasteiger partial charge in [-0.1, -0.05) is 6.92 Å². The minimum Gasteiger partial charge on any atom is -0.345 e. The van der Waals surface area contributed by atoms with E-state index < -0.39 is 0 Å². The molecule has 3 nitrogen and oxygen atoms in total. The van der Waals surface area contributed by atoms with E-state index in [2.05, 4.69) is 12.2 Å². The minimum absolute atomic E-state index is 0.00717. The normalized spacial score (nSPS) is 42.0. The van der Waals surface area contributed by atoms with E-state index in [1.54, 1.807) is 0 Å². The average Bonchev–Trinajstić information content (AvgIpc) is 2.35. The second-order valence-electron chi connectivity index (χ2n) is 8.24. The smallest absolute Gasteiger partial charge is 0.228 e. The monoisotopic (exact) mass is 278 g/mol. The molecule has 2 unspecified atom stereocenters. The maximum Gasteiger partial charge on any atom is 0.228 e. The number of carbonyl (C=O) groups is 1. The fourth-order valence-corrected chi connectivity index (χ4v) is 5.97. The molecule has 20 heavy (non-hydrogen) atoms. The Hall–Kier alpha value is -0.570. The van der Waals surface area contributed by atoms with Crippen LogP contribution in [0, 0.1) is 22.7 Å². The molecule has 4 aliphatic rings. The Balaban J connectivity index is 1.70. The van der Waals surface area contributed by atoms with E-state index in [9.17, 15) is 4.79 Å². The first-order valence-electron chi connectivity index (χ1n) is 8.37. The Morgan fingerprint density at radius 3 is 2.45 bits per heavy atom. The van der Waals surface area contributed by atoms with E-state index in [1.807, 2.05) is 19.0 Å². The largest absolute Gasteiger partial charge is 0.345 e. The predicted molar refractivity (Wildman–Crippen MR) is 81.4 cm³/mol. The van der Waals surface area contributed by atoms with Crippen LogP contribution in [0.5, 0.6) is 0 Å². The Morgan fingerprint density at radius 2 is 1.90 bits per heavy atom. The molecule has 4 fully saturated rings. The van der Waals surface area contributed by atoms with E-state index in [4.69, 9.17) is 0 Å². The minimum atomic E-state index is 0.00717. The van der Waals surface area contributed by atoms with Gasteiger partial charge in [0.25, 0.3) is 0 Å². The Kier molecular flexibility index (Phi) is 3.60. The molecule has 2 atom stereocenters. The van der Waals surface area contributed by atoms with Crippen LogP contribution in [0.2, 0.25) is 0 Å². The van der Waals surface area contributed by atoms with Gasteiger partial charge >= 0.3 is 0 Å². The van der Waals surface area contributed by atoms with Crippen LogP contribution in [0.15, 0.2) is 0 Å². The van der Waals surface area contributed by atoms with E-state index in [0.29, 0.717) is 11.3 Å². The number of nitrogens with zero attached hydrogens (tertiary/aromatic N) is 1. The zero-order chi connectivity index (χ0) is 14.4. The molecular weight excluding hydrogens is 248 g/mol. The number of carbonyl (C=O) groups excluding carboxylic acids is 1. The summed E-state index contributed by atoms with van der Waals surface area (Å²) < 4.78 is 0. The van der Waals surface area contributed by atoms with Crippen molar-refractivity contribution >= 4 is 5.91 Å². The first-order chi connectivity index (χ1) is 9.46. The Labute approximate surface area is 123 Å². The summed E-state index contributed by atoms with van der Waals surface area (Å²) in [5, 5.41) is 3.17. The van der Waals surface area contributed by atoms with Crippen LogP contribution >= 0.6 is 0 Å². The van der Waals surface area contributed by atoms with Gasteiger partial charge < -0.3 is 10.2 Å². The zero-order valence-electron chi connectivity index (χ0n) is 13.4. The fourth-order valence-electron chi connectivity index (χ4n) is 5.97. The lowest BCUT2D eigenvalue weighted by atomic mass is 9.44. The van der Waals surface area contributed by atoms with Gasteiger partial charge in [-0.3, -0.25) is 4.79 Å². The molecular formula is C17H30N2O. The Bertz CT molecular complexity index is 378. The number of rotatable bonds is 5. The summed E-state index contributed by atoms with van der Waals surface area (Å²) in [4.78, 5) is 15.1. The standard InChI is InChI=1S/C17H30N2O/c1-16-8-13-7-14(9-16)11-17(10-13,12-16)15(20)19(3)6-4-5-18-2/h13-14,18H,4-12H2,1-3H3. The molecule has 0 saturated heterocycles. The van der Waals surface area contributed by atoms with Gasteiger partial charge in [0.1, 0.15) is 0 Å². The summed E-state index contributed by atoms with van der Waals surface area (Å²) in [6.07, 6.45) is 8.71. The topological polar surface area (TPSA) is 32.3 Å². The van der Waals surface area contributed by atoms with Crippen molar-refractivity contribution in [1.82, 2.24) is 10.2 Å². The molecule has 0 aromatic heterocycles. The van der Waals surface area contributed by atoms with Gasteiger partial charge in [-0.15, -0.1) is 0 Å². The highest BCUT2D eigenvalue weighted by molar-refractivity contribution is 5.83. The van der Waals surface area contributed by atoms with E-state index in [1.165, 1.54) is 32.1 Å². The third kappa shape index (κ3) is 2.38. The molecule has 3 heteroatoms. The van der Waals surface area contributed by atoms with Gasteiger partial charge in [0.15, 0.2) is 0 Å². The van der Waals surface area contributed by atoms with E-state index in [0.717, 1.165) is 37.8 Å². The molecule has 4 rings (SSSR count). The highest BCUT2D eigenvalue weighted by Gasteiger charge is 2.59. The van der Waals surface area contributed by atoms with Crippen molar-refractivity contribution in [2.24, 2.45) is 22.7 Å². The van der Waals surface area contributed by atoms with Crippen LogP contribution in [0.25, 0.3) is 0 Å². The van der Waals surface area contributed by atoms with Gasteiger partial charge in [-0.25, -0.2) is 0 Å². The van der Waals surface area contributed by atoms with Crippen molar-refractivity contribution < 1.29 is 4.79 Å². The van der Waals surface area contributed by atoms with E-state index in [-0.39, 0.29) is 5.41 Å². The van der Waals surface area contributed by atoms with Crippen LogP contribution in [0.3, 0.4) is 0 Å². The van der Waals surface area contributed by atoms with Crippen LogP contribution in [0.4, 0.5) is 0 Å². The summed E-state index contributed by atoms with van der Waals surface area (Å²) in [6, 6.07) is 0. The van der Waals surface area contributed by atoms with Crippen molar-refractivity contribution in [2.45, 2.75) is 51.9 Å². The summed E-state index contributed by atoms with van der Waals surface area (Å²) in [6.45, 7) is 4.33. The lowest BCUT2D eigenvalue weighted by Crippen LogP contribution is -2.57. The van der Waals surface area contributed by atoms with Crippen molar-refractivity contribution in [2.75, 3.05) is 27.2 Å². The van der Waals surface area contributed by atoms with Crippen LogP contribution in [0.1, 0.15) is 51.9 Å². The van der Waals surface area contributed by atoms with Crippen molar-refractivity contribution in [3.63, 3.8) is 0 Å². The summed E-state index contributed by atoms with van der Waals surface area (Å²) in [7, 11) is 3.99. The SMILES string of the molecule is CNCCCN(C)C(=O)C12CC3CC(CC(C)(C3)C1)C2. The third-order valence-electron chi connectivity index (χ3n) is 6.07. The zero-order valence-corrected chi connectivity index (χ0v) is 13.4. The number of hydrogen-bond acceptors (Lipinski definition) is 2. The molecule has 4 saturated carbocycles. The van der Waals surface area contributed by atoms with Gasteiger partial charge in [0, 0.05) is 13.6 Å². The van der Waals surface area contributed by atoms with Crippen LogP contribution in [-0.2, 0) is 4.79 Å². The van der Waals surface area contributed by atoms with Gasteiger partial charge in [-0.05, 0) is 75.8 Å². The van der Waals surface area contributed by atoms with E-state index >= 15 is 0 Å². The predicted octanol–water partition coefficient (Wildman–Crippen LogP) is 2.66. The third-order valence-corrected chi connectivity index (χ3v) is 6.07. The molecule has 1 amide bonds. The molecule has 0 aromatic rings.